The Bertz CT molecular complexity index is 281. The summed E-state index contributed by atoms with van der Waals surface area (Å²) in [7, 11) is 3.26. The van der Waals surface area contributed by atoms with Crippen LogP contribution < -0.4 is 5.32 Å². The molecule has 1 aromatic heterocycles. The quantitative estimate of drug-likeness (QED) is 0.798. The van der Waals surface area contributed by atoms with Crippen molar-refractivity contribution in [3.05, 3.63) is 17.4 Å². The third-order valence-corrected chi connectivity index (χ3v) is 1.99. The van der Waals surface area contributed by atoms with Gasteiger partial charge in [0.25, 0.3) is 0 Å². The first-order valence-corrected chi connectivity index (χ1v) is 4.87. The molecule has 5 nitrogen and oxygen atoms in total. The number of nitrogens with zero attached hydrogens (tertiary/aromatic N) is 2. The minimum absolute atomic E-state index is 0.0192. The van der Waals surface area contributed by atoms with Gasteiger partial charge in [0.15, 0.2) is 0 Å². The van der Waals surface area contributed by atoms with Crippen LogP contribution in [0, 0.1) is 0 Å². The summed E-state index contributed by atoms with van der Waals surface area (Å²) < 4.78 is 10.1. The normalized spacial score (nSPS) is 12.5. The van der Waals surface area contributed by atoms with Crippen molar-refractivity contribution in [2.75, 3.05) is 32.7 Å². The van der Waals surface area contributed by atoms with E-state index in [1.54, 1.807) is 14.2 Å². The summed E-state index contributed by atoms with van der Waals surface area (Å²) in [4.78, 5) is 7.99. The highest BCUT2D eigenvalue weighted by Crippen LogP contribution is 2.05. The van der Waals surface area contributed by atoms with E-state index in [1.807, 2.05) is 0 Å². The molecule has 1 atom stereocenters. The van der Waals surface area contributed by atoms with E-state index in [2.05, 4.69) is 15.3 Å². The van der Waals surface area contributed by atoms with Gasteiger partial charge in [0.2, 0.25) is 5.95 Å². The van der Waals surface area contributed by atoms with Crippen LogP contribution in [-0.4, -0.2) is 43.4 Å². The van der Waals surface area contributed by atoms with Crippen molar-refractivity contribution in [2.45, 2.75) is 6.10 Å². The Labute approximate surface area is 93.8 Å². The van der Waals surface area contributed by atoms with Crippen molar-refractivity contribution >= 4 is 17.5 Å². The molecular weight excluding hydrogens is 218 g/mol. The van der Waals surface area contributed by atoms with Crippen LogP contribution in [0.15, 0.2) is 12.4 Å². The van der Waals surface area contributed by atoms with Crippen LogP contribution in [0.1, 0.15) is 0 Å². The number of methoxy groups -OCH3 is 2. The van der Waals surface area contributed by atoms with Gasteiger partial charge in [0.1, 0.15) is 0 Å². The number of nitrogens with one attached hydrogen (secondary N) is 1. The highest BCUT2D eigenvalue weighted by molar-refractivity contribution is 6.30. The minimum atomic E-state index is -0.0192. The smallest absolute Gasteiger partial charge is 0.222 e. The Hall–Kier alpha value is -0.910. The molecule has 0 aromatic carbocycles. The maximum atomic E-state index is 5.65. The molecular formula is C9H14ClN3O2. The largest absolute Gasteiger partial charge is 0.382 e. The predicted octanol–water partition coefficient (Wildman–Crippen LogP) is 1.20. The third kappa shape index (κ3) is 4.42. The Kier molecular flexibility index (Phi) is 5.31. The number of rotatable bonds is 6. The molecule has 1 aromatic rings. The molecule has 0 saturated carbocycles. The molecule has 0 spiro atoms. The zero-order valence-electron chi connectivity index (χ0n) is 8.74. The molecule has 0 radical (unpaired) electrons. The lowest BCUT2D eigenvalue weighted by Gasteiger charge is -2.14. The fourth-order valence-electron chi connectivity index (χ4n) is 1.00. The average Bonchev–Trinajstić information content (AvgIpc) is 2.26. The molecule has 1 unspecified atom stereocenters. The first kappa shape index (κ1) is 12.2. The predicted molar refractivity (Wildman–Crippen MR) is 58.2 cm³/mol. The van der Waals surface area contributed by atoms with E-state index in [4.69, 9.17) is 21.1 Å². The van der Waals surface area contributed by atoms with E-state index in [9.17, 15) is 0 Å². The summed E-state index contributed by atoms with van der Waals surface area (Å²) in [6, 6.07) is 0. The van der Waals surface area contributed by atoms with E-state index < -0.39 is 0 Å². The molecule has 1 heterocycles. The van der Waals surface area contributed by atoms with Crippen LogP contribution in [-0.2, 0) is 9.47 Å². The highest BCUT2D eigenvalue weighted by Gasteiger charge is 2.06. The molecule has 0 aliphatic rings. The fourth-order valence-corrected chi connectivity index (χ4v) is 1.10. The van der Waals surface area contributed by atoms with Gasteiger partial charge in [-0.2, -0.15) is 0 Å². The first-order valence-electron chi connectivity index (χ1n) is 4.49. The van der Waals surface area contributed by atoms with Gasteiger partial charge in [-0.3, -0.25) is 0 Å². The fraction of sp³-hybridized carbons (Fsp3) is 0.556. The molecule has 0 aliphatic heterocycles. The molecule has 6 heteroatoms. The summed E-state index contributed by atoms with van der Waals surface area (Å²) in [5.74, 6) is 0.526. The Balaban J connectivity index is 2.38. The van der Waals surface area contributed by atoms with Crippen molar-refractivity contribution in [1.82, 2.24) is 9.97 Å². The van der Waals surface area contributed by atoms with Crippen LogP contribution in [0.3, 0.4) is 0 Å². The van der Waals surface area contributed by atoms with Gasteiger partial charge >= 0.3 is 0 Å². The first-order chi connectivity index (χ1) is 7.26. The molecule has 15 heavy (non-hydrogen) atoms. The number of ether oxygens (including phenoxy) is 2. The number of aromatic nitrogens is 2. The second-order valence-electron chi connectivity index (χ2n) is 2.92. The van der Waals surface area contributed by atoms with E-state index in [-0.39, 0.29) is 6.10 Å². The van der Waals surface area contributed by atoms with Gasteiger partial charge in [-0.25, -0.2) is 9.97 Å². The van der Waals surface area contributed by atoms with Crippen LogP contribution in [0.5, 0.6) is 0 Å². The number of anilines is 1. The molecule has 0 fully saturated rings. The minimum Gasteiger partial charge on any atom is -0.382 e. The van der Waals surface area contributed by atoms with Gasteiger partial charge < -0.3 is 14.8 Å². The van der Waals surface area contributed by atoms with Gasteiger partial charge in [-0.15, -0.1) is 0 Å². The molecule has 84 valence electrons. The van der Waals surface area contributed by atoms with E-state index >= 15 is 0 Å². The molecule has 0 saturated heterocycles. The molecule has 1 N–H and O–H groups in total. The van der Waals surface area contributed by atoms with Gasteiger partial charge in [-0.05, 0) is 0 Å². The van der Waals surface area contributed by atoms with Crippen LogP contribution in [0.4, 0.5) is 5.95 Å². The summed E-state index contributed by atoms with van der Waals surface area (Å²) in [5, 5.41) is 3.54. The lowest BCUT2D eigenvalue weighted by Crippen LogP contribution is -2.27. The van der Waals surface area contributed by atoms with Crippen molar-refractivity contribution in [3.8, 4) is 0 Å². The zero-order valence-corrected chi connectivity index (χ0v) is 9.49. The Morgan fingerprint density at radius 2 is 2.07 bits per heavy atom. The number of hydrogen-bond acceptors (Lipinski definition) is 5. The molecule has 1 rings (SSSR count). The Morgan fingerprint density at radius 3 is 2.60 bits per heavy atom. The summed E-state index contributed by atoms with van der Waals surface area (Å²) in [5.41, 5.74) is 0. The SMILES string of the molecule is COCC(CNc1ncc(Cl)cn1)OC. The van der Waals surface area contributed by atoms with Crippen molar-refractivity contribution < 1.29 is 9.47 Å². The van der Waals surface area contributed by atoms with E-state index in [0.29, 0.717) is 24.1 Å². The summed E-state index contributed by atoms with van der Waals surface area (Å²) in [6.45, 7) is 1.11. The monoisotopic (exact) mass is 231 g/mol. The van der Waals surface area contributed by atoms with Crippen LogP contribution in [0.2, 0.25) is 5.02 Å². The molecule has 0 aliphatic carbocycles. The van der Waals surface area contributed by atoms with Crippen molar-refractivity contribution in [1.29, 1.82) is 0 Å². The van der Waals surface area contributed by atoms with Crippen molar-refractivity contribution in [3.63, 3.8) is 0 Å². The Morgan fingerprint density at radius 1 is 1.40 bits per heavy atom. The third-order valence-electron chi connectivity index (χ3n) is 1.79. The molecule has 0 bridgehead atoms. The highest BCUT2D eigenvalue weighted by atomic mass is 35.5. The summed E-state index contributed by atoms with van der Waals surface area (Å²) >= 11 is 5.65. The second kappa shape index (κ2) is 6.55. The lowest BCUT2D eigenvalue weighted by atomic mass is 10.4. The number of halogens is 1. The maximum Gasteiger partial charge on any atom is 0.222 e. The molecule has 0 amide bonds. The van der Waals surface area contributed by atoms with E-state index in [0.717, 1.165) is 0 Å². The zero-order chi connectivity index (χ0) is 11.1. The second-order valence-corrected chi connectivity index (χ2v) is 3.36. The van der Waals surface area contributed by atoms with Crippen LogP contribution in [0.25, 0.3) is 0 Å². The van der Waals surface area contributed by atoms with Gasteiger partial charge in [0.05, 0.1) is 30.1 Å². The van der Waals surface area contributed by atoms with Gasteiger partial charge in [0, 0.05) is 20.8 Å². The lowest BCUT2D eigenvalue weighted by molar-refractivity contribution is 0.0365. The topological polar surface area (TPSA) is 56.3 Å². The average molecular weight is 232 g/mol. The number of hydrogen-bond donors (Lipinski definition) is 1. The maximum absolute atomic E-state index is 5.65. The standard InChI is InChI=1S/C9H14ClN3O2/c1-14-6-8(15-2)5-13-9-11-3-7(10)4-12-9/h3-4,8H,5-6H2,1-2H3,(H,11,12,13). The van der Waals surface area contributed by atoms with Gasteiger partial charge in [-0.1, -0.05) is 11.6 Å². The summed E-state index contributed by atoms with van der Waals surface area (Å²) in [6.07, 6.45) is 3.05. The van der Waals surface area contributed by atoms with E-state index in [1.165, 1.54) is 12.4 Å². The van der Waals surface area contributed by atoms with Crippen molar-refractivity contribution in [2.24, 2.45) is 0 Å². The van der Waals surface area contributed by atoms with Crippen LogP contribution >= 0.6 is 11.6 Å².